The highest BCUT2D eigenvalue weighted by molar-refractivity contribution is 7.91. The van der Waals surface area contributed by atoms with Crippen molar-refractivity contribution in [2.75, 3.05) is 12.9 Å². The zero-order chi connectivity index (χ0) is 24.2. The zero-order valence-corrected chi connectivity index (χ0v) is 19.3. The van der Waals surface area contributed by atoms with Gasteiger partial charge in [0.2, 0.25) is 0 Å². The summed E-state index contributed by atoms with van der Waals surface area (Å²) in [5.74, 6) is -0.831. The Morgan fingerprint density at radius 3 is 2.44 bits per heavy atom. The molecule has 4 aromatic rings. The fourth-order valence-corrected chi connectivity index (χ4v) is 5.59. The van der Waals surface area contributed by atoms with Crippen molar-refractivity contribution in [2.45, 2.75) is 11.2 Å². The fourth-order valence-electron chi connectivity index (χ4n) is 4.08. The second kappa shape index (κ2) is 9.52. The number of sulfone groups is 1. The number of carboxylic acids is 1. The lowest BCUT2D eigenvalue weighted by atomic mass is 9.87. The van der Waals surface area contributed by atoms with Gasteiger partial charge in [-0.3, -0.25) is 4.98 Å². The van der Waals surface area contributed by atoms with Crippen molar-refractivity contribution in [1.82, 2.24) is 9.97 Å². The van der Waals surface area contributed by atoms with Crippen molar-refractivity contribution in [1.29, 1.82) is 0 Å². The Morgan fingerprint density at radius 1 is 1.03 bits per heavy atom. The lowest BCUT2D eigenvalue weighted by molar-refractivity contribution is -0.139. The molecule has 2 N–H and O–H groups in total. The average Bonchev–Trinajstić information content (AvgIpc) is 3.37. The minimum Gasteiger partial charge on any atom is -0.482 e. The molecule has 0 aliphatic heterocycles. The van der Waals surface area contributed by atoms with E-state index in [1.807, 2.05) is 42.5 Å². The second-order valence-corrected chi connectivity index (χ2v) is 10.2. The van der Waals surface area contributed by atoms with Gasteiger partial charge in [0.1, 0.15) is 10.5 Å². The standard InChI is InChI=1S/C26H24N2O5S/c1-34(31,32)26(24-9-5-15-28-24,21-6-4-7-22(16-21)33-18-25(29)30)17-19-10-12-20(13-11-19)23-8-2-3-14-27-23/h2-16,28H,17-18H2,1H3,(H,29,30). The highest BCUT2D eigenvalue weighted by Crippen LogP contribution is 2.41. The van der Waals surface area contributed by atoms with Crippen LogP contribution in [-0.4, -0.2) is 42.3 Å². The first-order valence-electron chi connectivity index (χ1n) is 10.6. The van der Waals surface area contributed by atoms with Crippen LogP contribution in [0.4, 0.5) is 0 Å². The third-order valence-corrected chi connectivity index (χ3v) is 7.56. The molecule has 0 amide bonds. The highest BCUT2D eigenvalue weighted by atomic mass is 32.2. The number of rotatable bonds is 9. The molecule has 4 rings (SSSR count). The molecule has 1 atom stereocenters. The molecule has 174 valence electrons. The van der Waals surface area contributed by atoms with E-state index in [1.165, 1.54) is 6.26 Å². The van der Waals surface area contributed by atoms with E-state index in [1.54, 1.807) is 48.8 Å². The number of nitrogens with one attached hydrogen (secondary N) is 1. The maximum atomic E-state index is 13.5. The predicted octanol–water partition coefficient (Wildman–Crippen LogP) is 4.07. The number of aromatic amines is 1. The van der Waals surface area contributed by atoms with E-state index in [0.717, 1.165) is 16.8 Å². The van der Waals surface area contributed by atoms with Gasteiger partial charge >= 0.3 is 5.97 Å². The lowest BCUT2D eigenvalue weighted by Crippen LogP contribution is -2.39. The number of H-pyrrole nitrogens is 1. The topological polar surface area (TPSA) is 109 Å². The molecule has 1 unspecified atom stereocenters. The Kier molecular flexibility index (Phi) is 6.51. The Labute approximate surface area is 198 Å². The third kappa shape index (κ3) is 4.72. The van der Waals surface area contributed by atoms with Gasteiger partial charge in [0.25, 0.3) is 0 Å². The number of aliphatic carboxylic acids is 1. The maximum Gasteiger partial charge on any atom is 0.341 e. The van der Waals surface area contributed by atoms with Crippen molar-refractivity contribution in [3.8, 4) is 17.0 Å². The van der Waals surface area contributed by atoms with Crippen LogP contribution in [0.3, 0.4) is 0 Å². The second-order valence-electron chi connectivity index (χ2n) is 7.98. The number of carbonyl (C=O) groups is 1. The summed E-state index contributed by atoms with van der Waals surface area (Å²) in [4.78, 5) is 18.4. The third-order valence-electron chi connectivity index (χ3n) is 5.70. The molecular formula is C26H24N2O5S. The van der Waals surface area contributed by atoms with E-state index in [-0.39, 0.29) is 12.2 Å². The highest BCUT2D eigenvalue weighted by Gasteiger charge is 2.45. The SMILES string of the molecule is CS(=O)(=O)C(Cc1ccc(-c2ccccn2)cc1)(c1cccc(OCC(=O)O)c1)c1ccc[nH]1. The summed E-state index contributed by atoms with van der Waals surface area (Å²) < 4.78 is 30.8. The summed E-state index contributed by atoms with van der Waals surface area (Å²) in [7, 11) is -3.73. The van der Waals surface area contributed by atoms with Crippen molar-refractivity contribution in [2.24, 2.45) is 0 Å². The molecular weight excluding hydrogens is 452 g/mol. The van der Waals surface area contributed by atoms with Gasteiger partial charge in [-0.1, -0.05) is 42.5 Å². The minimum absolute atomic E-state index is 0.164. The molecule has 0 saturated carbocycles. The van der Waals surface area contributed by atoms with Crippen molar-refractivity contribution in [3.05, 3.63) is 108 Å². The quantitative estimate of drug-likeness (QED) is 0.377. The molecule has 0 radical (unpaired) electrons. The number of ether oxygens (including phenoxy) is 1. The monoisotopic (exact) mass is 476 g/mol. The van der Waals surface area contributed by atoms with Gasteiger partial charge in [-0.05, 0) is 47.5 Å². The summed E-state index contributed by atoms with van der Waals surface area (Å²) in [5, 5.41) is 8.95. The smallest absolute Gasteiger partial charge is 0.341 e. The van der Waals surface area contributed by atoms with Crippen LogP contribution in [0.15, 0.2) is 91.3 Å². The van der Waals surface area contributed by atoms with Crippen LogP contribution < -0.4 is 4.74 Å². The molecule has 2 heterocycles. The van der Waals surface area contributed by atoms with Crippen LogP contribution in [-0.2, 0) is 25.8 Å². The van der Waals surface area contributed by atoms with Crippen molar-refractivity contribution < 1.29 is 23.1 Å². The molecule has 0 aliphatic carbocycles. The van der Waals surface area contributed by atoms with Crippen LogP contribution in [0.25, 0.3) is 11.3 Å². The zero-order valence-electron chi connectivity index (χ0n) is 18.5. The summed E-state index contributed by atoms with van der Waals surface area (Å²) in [5.41, 5.74) is 3.57. The maximum absolute atomic E-state index is 13.5. The van der Waals surface area contributed by atoms with Gasteiger partial charge in [-0.15, -0.1) is 0 Å². The Bertz CT molecular complexity index is 1370. The molecule has 8 heteroatoms. The first kappa shape index (κ1) is 23.3. The van der Waals surface area contributed by atoms with E-state index in [9.17, 15) is 13.2 Å². The Balaban J connectivity index is 1.80. The van der Waals surface area contributed by atoms with E-state index >= 15 is 0 Å². The van der Waals surface area contributed by atoms with Gasteiger partial charge in [-0.2, -0.15) is 0 Å². The molecule has 7 nitrogen and oxygen atoms in total. The molecule has 34 heavy (non-hydrogen) atoms. The number of carboxylic acid groups (broad SMARTS) is 1. The number of hydrogen-bond acceptors (Lipinski definition) is 5. The van der Waals surface area contributed by atoms with E-state index in [4.69, 9.17) is 9.84 Å². The van der Waals surface area contributed by atoms with Gasteiger partial charge in [0.05, 0.1) is 5.69 Å². The first-order chi connectivity index (χ1) is 16.3. The lowest BCUT2D eigenvalue weighted by Gasteiger charge is -2.32. The number of benzene rings is 2. The summed E-state index contributed by atoms with van der Waals surface area (Å²) >= 11 is 0. The number of pyridine rings is 1. The molecule has 0 spiro atoms. The molecule has 0 bridgehead atoms. The number of nitrogens with zero attached hydrogens (tertiary/aromatic N) is 1. The largest absolute Gasteiger partial charge is 0.482 e. The van der Waals surface area contributed by atoms with Crippen molar-refractivity contribution >= 4 is 15.8 Å². The minimum atomic E-state index is -3.73. The summed E-state index contributed by atoms with van der Waals surface area (Å²) in [6, 6.07) is 23.4. The van der Waals surface area contributed by atoms with Gasteiger partial charge in [-0.25, -0.2) is 13.2 Å². The Hall–Kier alpha value is -3.91. The van der Waals surface area contributed by atoms with Gasteiger partial charge < -0.3 is 14.8 Å². The Morgan fingerprint density at radius 2 is 1.82 bits per heavy atom. The van der Waals surface area contributed by atoms with Crippen LogP contribution >= 0.6 is 0 Å². The van der Waals surface area contributed by atoms with Gasteiger partial charge in [0, 0.05) is 36.3 Å². The van der Waals surface area contributed by atoms with Gasteiger partial charge in [0.15, 0.2) is 16.4 Å². The molecule has 2 aromatic carbocycles. The first-order valence-corrected chi connectivity index (χ1v) is 12.5. The number of aromatic nitrogens is 2. The van der Waals surface area contributed by atoms with E-state index < -0.39 is 27.2 Å². The summed E-state index contributed by atoms with van der Waals surface area (Å²) in [6.07, 6.45) is 4.78. The summed E-state index contributed by atoms with van der Waals surface area (Å²) in [6.45, 7) is -0.521. The normalized spacial score (nSPS) is 13.2. The van der Waals surface area contributed by atoms with E-state index in [2.05, 4.69) is 9.97 Å². The molecule has 0 fully saturated rings. The van der Waals surface area contributed by atoms with E-state index in [0.29, 0.717) is 11.3 Å². The molecule has 2 aromatic heterocycles. The molecule has 0 saturated heterocycles. The van der Waals surface area contributed by atoms with Crippen molar-refractivity contribution in [3.63, 3.8) is 0 Å². The average molecular weight is 477 g/mol. The van der Waals surface area contributed by atoms with Crippen LogP contribution in [0.1, 0.15) is 16.8 Å². The van der Waals surface area contributed by atoms with Crippen LogP contribution in [0.2, 0.25) is 0 Å². The van der Waals surface area contributed by atoms with Crippen LogP contribution in [0, 0.1) is 0 Å². The fraction of sp³-hybridized carbons (Fsp3) is 0.154. The van der Waals surface area contributed by atoms with Crippen LogP contribution in [0.5, 0.6) is 5.75 Å². The number of hydrogen-bond donors (Lipinski definition) is 2. The molecule has 0 aliphatic rings. The predicted molar refractivity (Wildman–Crippen MR) is 129 cm³/mol.